The number of rotatable bonds is 7. The number of benzene rings is 1. The van der Waals surface area contributed by atoms with Crippen molar-refractivity contribution in [1.29, 1.82) is 0 Å². The van der Waals surface area contributed by atoms with Gasteiger partial charge in [0.25, 0.3) is 5.56 Å². The maximum absolute atomic E-state index is 11.7. The van der Waals surface area contributed by atoms with E-state index in [0.29, 0.717) is 25.8 Å². The van der Waals surface area contributed by atoms with Crippen LogP contribution in [0.1, 0.15) is 52.3 Å². The summed E-state index contributed by atoms with van der Waals surface area (Å²) in [5.41, 5.74) is 2.11. The topological polar surface area (TPSA) is 62.6 Å². The molecule has 29 heavy (non-hydrogen) atoms. The molecule has 1 aliphatic heterocycles. The third-order valence-electron chi connectivity index (χ3n) is 5.07. The number of hydrogen-bond donors (Lipinski definition) is 0. The van der Waals surface area contributed by atoms with E-state index in [1.165, 1.54) is 11.6 Å². The first-order valence-electron chi connectivity index (χ1n) is 10.1. The second kappa shape index (κ2) is 8.19. The van der Waals surface area contributed by atoms with Gasteiger partial charge >= 0.3 is 6.01 Å². The molecule has 0 bridgehead atoms. The lowest BCUT2D eigenvalue weighted by Gasteiger charge is -2.33. The van der Waals surface area contributed by atoms with Crippen LogP contribution in [0.15, 0.2) is 35.1 Å². The summed E-state index contributed by atoms with van der Waals surface area (Å²) in [7, 11) is 1.60. The molecule has 6 nitrogen and oxygen atoms in total. The van der Waals surface area contributed by atoms with Crippen LogP contribution in [0.3, 0.4) is 0 Å². The first-order valence-corrected chi connectivity index (χ1v) is 10.1. The smallest absolute Gasteiger partial charge is 0.300 e. The summed E-state index contributed by atoms with van der Waals surface area (Å²) in [4.78, 5) is 15.7. The molecule has 0 saturated carbocycles. The highest BCUT2D eigenvalue weighted by Gasteiger charge is 2.28. The van der Waals surface area contributed by atoms with Gasteiger partial charge in [0.15, 0.2) is 6.10 Å². The average Bonchev–Trinajstić information content (AvgIpc) is 3.01. The van der Waals surface area contributed by atoms with E-state index in [-0.39, 0.29) is 22.5 Å². The van der Waals surface area contributed by atoms with Crippen molar-refractivity contribution in [2.45, 2.75) is 65.7 Å². The normalized spacial score (nSPS) is 16.4. The lowest BCUT2D eigenvalue weighted by Crippen LogP contribution is -2.25. The molecule has 0 radical (unpaired) electrons. The molecule has 0 saturated heterocycles. The van der Waals surface area contributed by atoms with Gasteiger partial charge in [-0.25, -0.2) is 0 Å². The van der Waals surface area contributed by atoms with Gasteiger partial charge in [0.1, 0.15) is 12.4 Å². The summed E-state index contributed by atoms with van der Waals surface area (Å²) in [6.07, 6.45) is 0.904. The minimum absolute atomic E-state index is 0.100. The molecule has 1 atom stereocenters. The van der Waals surface area contributed by atoms with Crippen molar-refractivity contribution in [2.75, 3.05) is 13.7 Å². The van der Waals surface area contributed by atoms with E-state index < -0.39 is 0 Å². The monoisotopic (exact) mass is 400 g/mol. The lowest BCUT2D eigenvalue weighted by atomic mass is 9.72. The largest absolute Gasteiger partial charge is 0.490 e. The van der Waals surface area contributed by atoms with Gasteiger partial charge in [-0.1, -0.05) is 46.8 Å². The molecule has 2 aromatic rings. The molecule has 1 aliphatic rings. The quantitative estimate of drug-likeness (QED) is 0.704. The molecule has 3 rings (SSSR count). The summed E-state index contributed by atoms with van der Waals surface area (Å²) in [6, 6.07) is 10.1. The molecule has 0 amide bonds. The van der Waals surface area contributed by atoms with E-state index in [1.807, 2.05) is 16.7 Å². The molecule has 1 aromatic carbocycles. The van der Waals surface area contributed by atoms with Crippen molar-refractivity contribution in [3.8, 4) is 11.8 Å². The number of methoxy groups -OCH3 is 1. The van der Waals surface area contributed by atoms with Crippen molar-refractivity contribution in [2.24, 2.45) is 5.41 Å². The number of aromatic nitrogens is 2. The van der Waals surface area contributed by atoms with Gasteiger partial charge < -0.3 is 14.2 Å². The van der Waals surface area contributed by atoms with Gasteiger partial charge in [-0.2, -0.15) is 4.98 Å². The van der Waals surface area contributed by atoms with E-state index in [9.17, 15) is 4.79 Å². The summed E-state index contributed by atoms with van der Waals surface area (Å²) < 4.78 is 18.8. The first kappa shape index (κ1) is 21.4. The predicted octanol–water partition coefficient (Wildman–Crippen LogP) is 3.94. The Labute approximate surface area is 172 Å². The summed E-state index contributed by atoms with van der Waals surface area (Å²) in [5.74, 6) is 0.805. The molecule has 0 N–H and O–H groups in total. The van der Waals surface area contributed by atoms with Gasteiger partial charge in [0.05, 0.1) is 18.8 Å². The molecule has 0 unspecified atom stereocenters. The van der Waals surface area contributed by atoms with Crippen LogP contribution in [0.5, 0.6) is 11.8 Å². The molecule has 6 heteroatoms. The van der Waals surface area contributed by atoms with Crippen LogP contribution in [0.4, 0.5) is 0 Å². The van der Waals surface area contributed by atoms with Gasteiger partial charge in [0.2, 0.25) is 0 Å². The second-order valence-corrected chi connectivity index (χ2v) is 9.61. The van der Waals surface area contributed by atoms with Crippen LogP contribution in [0.2, 0.25) is 0 Å². The number of nitrogens with zero attached hydrogens (tertiary/aromatic N) is 2. The van der Waals surface area contributed by atoms with Crippen molar-refractivity contribution in [1.82, 2.24) is 9.55 Å². The van der Waals surface area contributed by atoms with Crippen LogP contribution in [-0.4, -0.2) is 29.4 Å². The zero-order valence-electron chi connectivity index (χ0n) is 18.3. The summed E-state index contributed by atoms with van der Waals surface area (Å²) in [6.45, 7) is 12.7. The van der Waals surface area contributed by atoms with Crippen LogP contribution >= 0.6 is 0 Å². The molecule has 0 spiro atoms. The van der Waals surface area contributed by atoms with Gasteiger partial charge in [-0.15, -0.1) is 0 Å². The standard InChI is InChI=1S/C23H32N2O4/c1-22(2,3)15-23(4,5)16-7-9-18(10-8-16)28-14-19-12-25-17(13-27-6)11-20(26)24-21(25)29-19/h7-11,19H,12-15H2,1-6H3/t19-/m0/s1. The maximum Gasteiger partial charge on any atom is 0.300 e. The Hall–Kier alpha value is -2.34. The lowest BCUT2D eigenvalue weighted by molar-refractivity contribution is 0.143. The minimum atomic E-state index is -0.321. The van der Waals surface area contributed by atoms with E-state index in [1.54, 1.807) is 7.11 Å². The predicted molar refractivity (Wildman–Crippen MR) is 113 cm³/mol. The third kappa shape index (κ3) is 5.38. The van der Waals surface area contributed by atoms with Crippen LogP contribution in [0.25, 0.3) is 0 Å². The number of ether oxygens (including phenoxy) is 3. The Morgan fingerprint density at radius 1 is 1.17 bits per heavy atom. The third-order valence-corrected chi connectivity index (χ3v) is 5.07. The maximum atomic E-state index is 11.7. The highest BCUT2D eigenvalue weighted by Crippen LogP contribution is 2.36. The molecule has 0 aliphatic carbocycles. The van der Waals surface area contributed by atoms with E-state index in [4.69, 9.17) is 14.2 Å². The highest BCUT2D eigenvalue weighted by atomic mass is 16.6. The molecule has 1 aromatic heterocycles. The van der Waals surface area contributed by atoms with Crippen molar-refractivity contribution >= 4 is 0 Å². The molecule has 158 valence electrons. The Morgan fingerprint density at radius 2 is 1.86 bits per heavy atom. The fraction of sp³-hybridized carbons (Fsp3) is 0.565. The first-order chi connectivity index (χ1) is 13.6. The zero-order chi connectivity index (χ0) is 21.2. The van der Waals surface area contributed by atoms with E-state index >= 15 is 0 Å². The SMILES string of the molecule is COCc1cc(=O)nc2n1C[C@@H](COc1ccc(C(C)(C)CC(C)(C)C)cc1)O2. The summed E-state index contributed by atoms with van der Waals surface area (Å²) in [5, 5.41) is 0. The fourth-order valence-electron chi connectivity index (χ4n) is 4.18. The molecular formula is C23H32N2O4. The molecule has 2 heterocycles. The molecule has 0 fully saturated rings. The molecular weight excluding hydrogens is 368 g/mol. The summed E-state index contributed by atoms with van der Waals surface area (Å²) >= 11 is 0. The number of fused-ring (bicyclic) bond motifs is 1. The van der Waals surface area contributed by atoms with Gasteiger partial charge in [-0.05, 0) is 34.9 Å². The van der Waals surface area contributed by atoms with E-state index in [0.717, 1.165) is 17.9 Å². The Bertz CT molecular complexity index is 895. The van der Waals surface area contributed by atoms with E-state index in [2.05, 4.69) is 51.7 Å². The Balaban J connectivity index is 1.61. The Morgan fingerprint density at radius 3 is 2.48 bits per heavy atom. The number of hydrogen-bond acceptors (Lipinski definition) is 5. The van der Waals surface area contributed by atoms with Crippen molar-refractivity contribution in [3.63, 3.8) is 0 Å². The van der Waals surface area contributed by atoms with Crippen molar-refractivity contribution in [3.05, 3.63) is 51.9 Å². The highest BCUT2D eigenvalue weighted by molar-refractivity contribution is 5.32. The van der Waals surface area contributed by atoms with Crippen LogP contribution in [0, 0.1) is 5.41 Å². The fourth-order valence-corrected chi connectivity index (χ4v) is 4.18. The van der Waals surface area contributed by atoms with Gasteiger partial charge in [0, 0.05) is 13.2 Å². The Kier molecular flexibility index (Phi) is 6.03. The minimum Gasteiger partial charge on any atom is -0.490 e. The van der Waals surface area contributed by atoms with Crippen LogP contribution < -0.4 is 15.0 Å². The van der Waals surface area contributed by atoms with Crippen LogP contribution in [-0.2, 0) is 23.3 Å². The zero-order valence-corrected chi connectivity index (χ0v) is 18.3. The second-order valence-electron chi connectivity index (χ2n) is 9.61. The average molecular weight is 401 g/mol. The van der Waals surface area contributed by atoms with Crippen molar-refractivity contribution < 1.29 is 14.2 Å². The van der Waals surface area contributed by atoms with Gasteiger partial charge in [-0.3, -0.25) is 9.36 Å².